The number of nitrogen functional groups attached to an aromatic ring is 1. The van der Waals surface area contributed by atoms with Crippen LogP contribution < -0.4 is 5.73 Å². The van der Waals surface area contributed by atoms with E-state index in [1.165, 1.54) is 0 Å². The summed E-state index contributed by atoms with van der Waals surface area (Å²) in [5.74, 6) is 0.0262. The SMILES string of the molecule is Cn1cc2cc(C(=N)N)cnc2n1. The highest BCUT2D eigenvalue weighted by Crippen LogP contribution is 2.10. The third-order valence-electron chi connectivity index (χ3n) is 1.78. The van der Waals surface area contributed by atoms with E-state index in [0.717, 1.165) is 5.39 Å². The molecule has 2 heterocycles. The molecule has 3 N–H and O–H groups in total. The molecule has 0 fully saturated rings. The lowest BCUT2D eigenvalue weighted by Gasteiger charge is -1.94. The number of fused-ring (bicyclic) bond motifs is 1. The molecule has 2 rings (SSSR count). The lowest BCUT2D eigenvalue weighted by atomic mass is 10.2. The van der Waals surface area contributed by atoms with Gasteiger partial charge < -0.3 is 5.73 Å². The van der Waals surface area contributed by atoms with Gasteiger partial charge >= 0.3 is 0 Å². The first-order chi connectivity index (χ1) is 6.16. The summed E-state index contributed by atoms with van der Waals surface area (Å²) in [4.78, 5) is 4.07. The number of hydrogen-bond acceptors (Lipinski definition) is 3. The van der Waals surface area contributed by atoms with Crippen LogP contribution in [-0.2, 0) is 7.05 Å². The largest absolute Gasteiger partial charge is 0.384 e. The second-order valence-electron chi connectivity index (χ2n) is 2.85. The Balaban J connectivity index is 2.67. The van der Waals surface area contributed by atoms with E-state index in [1.54, 1.807) is 16.9 Å². The monoisotopic (exact) mass is 175 g/mol. The molecule has 0 atom stereocenters. The number of nitrogens with one attached hydrogen (secondary N) is 1. The molecule has 0 aromatic carbocycles. The average Bonchev–Trinajstić information content (AvgIpc) is 2.42. The van der Waals surface area contributed by atoms with E-state index in [0.29, 0.717) is 11.2 Å². The fourth-order valence-corrected chi connectivity index (χ4v) is 1.18. The Morgan fingerprint density at radius 1 is 1.62 bits per heavy atom. The summed E-state index contributed by atoms with van der Waals surface area (Å²) >= 11 is 0. The van der Waals surface area contributed by atoms with Gasteiger partial charge in [0.2, 0.25) is 0 Å². The molecular formula is C8H9N5. The number of aryl methyl sites for hydroxylation is 1. The topological polar surface area (TPSA) is 80.6 Å². The standard InChI is InChI=1S/C8H9N5/c1-13-4-6-2-5(7(9)10)3-11-8(6)12-13/h2-4H,1H3,(H3,9,10). The van der Waals surface area contributed by atoms with Gasteiger partial charge in [-0.3, -0.25) is 10.1 Å². The lowest BCUT2D eigenvalue weighted by Crippen LogP contribution is -2.10. The van der Waals surface area contributed by atoms with Gasteiger partial charge in [0.25, 0.3) is 0 Å². The summed E-state index contributed by atoms with van der Waals surface area (Å²) in [6.07, 6.45) is 3.40. The fourth-order valence-electron chi connectivity index (χ4n) is 1.18. The zero-order chi connectivity index (χ0) is 9.42. The first-order valence-electron chi connectivity index (χ1n) is 3.80. The van der Waals surface area contributed by atoms with Gasteiger partial charge in [0.15, 0.2) is 5.65 Å². The molecule has 0 aliphatic rings. The molecule has 13 heavy (non-hydrogen) atoms. The van der Waals surface area contributed by atoms with E-state index >= 15 is 0 Å². The molecule has 66 valence electrons. The van der Waals surface area contributed by atoms with Gasteiger partial charge in [0.1, 0.15) is 5.84 Å². The minimum atomic E-state index is 0.0262. The molecule has 2 aromatic rings. The van der Waals surface area contributed by atoms with Gasteiger partial charge in [-0.25, -0.2) is 4.98 Å². The smallest absolute Gasteiger partial charge is 0.181 e. The van der Waals surface area contributed by atoms with Crippen LogP contribution >= 0.6 is 0 Å². The molecule has 2 aromatic heterocycles. The van der Waals surface area contributed by atoms with E-state index in [4.69, 9.17) is 11.1 Å². The average molecular weight is 175 g/mol. The van der Waals surface area contributed by atoms with Gasteiger partial charge in [0.05, 0.1) is 0 Å². The normalized spacial score (nSPS) is 10.5. The molecule has 0 unspecified atom stereocenters. The van der Waals surface area contributed by atoms with Crippen molar-refractivity contribution in [3.05, 3.63) is 24.0 Å². The molecule has 0 aliphatic heterocycles. The molecule has 0 saturated heterocycles. The number of nitrogens with two attached hydrogens (primary N) is 1. The zero-order valence-electron chi connectivity index (χ0n) is 7.15. The molecule has 5 nitrogen and oxygen atoms in total. The maximum atomic E-state index is 7.23. The first-order valence-corrected chi connectivity index (χ1v) is 3.80. The minimum absolute atomic E-state index is 0.0262. The Labute approximate surface area is 74.7 Å². The van der Waals surface area contributed by atoms with Crippen LogP contribution in [0.15, 0.2) is 18.5 Å². The van der Waals surface area contributed by atoms with Gasteiger partial charge in [-0.15, -0.1) is 0 Å². The van der Waals surface area contributed by atoms with E-state index in [9.17, 15) is 0 Å². The quantitative estimate of drug-likeness (QED) is 0.481. The molecule has 0 amide bonds. The number of hydrogen-bond donors (Lipinski definition) is 2. The highest BCUT2D eigenvalue weighted by Gasteiger charge is 2.02. The second-order valence-corrected chi connectivity index (χ2v) is 2.85. The highest BCUT2D eigenvalue weighted by molar-refractivity contribution is 5.97. The first kappa shape index (κ1) is 7.72. The van der Waals surface area contributed by atoms with Crippen molar-refractivity contribution in [2.24, 2.45) is 12.8 Å². The van der Waals surface area contributed by atoms with Crippen molar-refractivity contribution in [3.8, 4) is 0 Å². The zero-order valence-corrected chi connectivity index (χ0v) is 7.15. The van der Waals surface area contributed by atoms with Gasteiger partial charge in [-0.2, -0.15) is 5.10 Å². The number of nitrogens with zero attached hydrogens (tertiary/aromatic N) is 3. The third kappa shape index (κ3) is 1.24. The third-order valence-corrected chi connectivity index (χ3v) is 1.78. The summed E-state index contributed by atoms with van der Waals surface area (Å²) in [5, 5.41) is 12.2. The summed E-state index contributed by atoms with van der Waals surface area (Å²) in [5.41, 5.74) is 6.63. The highest BCUT2D eigenvalue weighted by atomic mass is 15.3. The van der Waals surface area contributed by atoms with Crippen molar-refractivity contribution in [1.29, 1.82) is 5.41 Å². The summed E-state index contributed by atoms with van der Waals surface area (Å²) in [6, 6.07) is 1.80. The lowest BCUT2D eigenvalue weighted by molar-refractivity contribution is 0.776. The Hall–Kier alpha value is -1.91. The molecule has 0 radical (unpaired) electrons. The van der Waals surface area contributed by atoms with E-state index in [-0.39, 0.29) is 5.84 Å². The molecule has 0 saturated carbocycles. The van der Waals surface area contributed by atoms with Crippen LogP contribution in [0.2, 0.25) is 0 Å². The molecule has 0 aliphatic carbocycles. The maximum absolute atomic E-state index is 7.23. The number of pyridine rings is 1. The predicted molar refractivity (Wildman–Crippen MR) is 49.5 cm³/mol. The number of aromatic nitrogens is 3. The Morgan fingerprint density at radius 2 is 2.38 bits per heavy atom. The molecule has 0 bridgehead atoms. The van der Waals surface area contributed by atoms with E-state index in [1.807, 2.05) is 13.2 Å². The molecule has 5 heteroatoms. The summed E-state index contributed by atoms with van der Waals surface area (Å²) in [7, 11) is 1.83. The van der Waals surface area contributed by atoms with Gasteiger partial charge in [0, 0.05) is 30.4 Å². The Kier molecular flexibility index (Phi) is 1.51. The summed E-state index contributed by atoms with van der Waals surface area (Å²) in [6.45, 7) is 0. The van der Waals surface area contributed by atoms with E-state index in [2.05, 4.69) is 10.1 Å². The molecular weight excluding hydrogens is 166 g/mol. The van der Waals surface area contributed by atoms with Gasteiger partial charge in [-0.05, 0) is 6.07 Å². The Bertz CT molecular complexity index is 470. The number of rotatable bonds is 1. The number of amidine groups is 1. The van der Waals surface area contributed by atoms with Crippen molar-refractivity contribution >= 4 is 16.9 Å². The van der Waals surface area contributed by atoms with Crippen LogP contribution in [0.3, 0.4) is 0 Å². The fraction of sp³-hybridized carbons (Fsp3) is 0.125. The van der Waals surface area contributed by atoms with Crippen LogP contribution in [0.25, 0.3) is 11.0 Å². The Morgan fingerprint density at radius 3 is 3.08 bits per heavy atom. The summed E-state index contributed by atoms with van der Waals surface area (Å²) < 4.78 is 1.68. The second kappa shape index (κ2) is 2.55. The van der Waals surface area contributed by atoms with Crippen molar-refractivity contribution in [2.45, 2.75) is 0 Å². The van der Waals surface area contributed by atoms with Crippen LogP contribution in [-0.4, -0.2) is 20.6 Å². The van der Waals surface area contributed by atoms with Crippen LogP contribution in [0.4, 0.5) is 0 Å². The van der Waals surface area contributed by atoms with Crippen LogP contribution in [0, 0.1) is 5.41 Å². The van der Waals surface area contributed by atoms with Crippen LogP contribution in [0.1, 0.15) is 5.56 Å². The molecule has 0 spiro atoms. The van der Waals surface area contributed by atoms with Gasteiger partial charge in [-0.1, -0.05) is 0 Å². The minimum Gasteiger partial charge on any atom is -0.384 e. The van der Waals surface area contributed by atoms with Crippen molar-refractivity contribution in [3.63, 3.8) is 0 Å². The van der Waals surface area contributed by atoms with E-state index < -0.39 is 0 Å². The van der Waals surface area contributed by atoms with Crippen molar-refractivity contribution in [1.82, 2.24) is 14.8 Å². The van der Waals surface area contributed by atoms with Crippen molar-refractivity contribution in [2.75, 3.05) is 0 Å². The maximum Gasteiger partial charge on any atom is 0.181 e. The van der Waals surface area contributed by atoms with Crippen molar-refractivity contribution < 1.29 is 0 Å². The predicted octanol–water partition coefficient (Wildman–Crippen LogP) is 0.252. The van der Waals surface area contributed by atoms with Crippen LogP contribution in [0.5, 0.6) is 0 Å².